The molecule has 0 radical (unpaired) electrons. The van der Waals surface area contributed by atoms with Crippen molar-refractivity contribution in [3.8, 4) is 56.8 Å². The summed E-state index contributed by atoms with van der Waals surface area (Å²) in [7, 11) is 0. The van der Waals surface area contributed by atoms with Crippen LogP contribution in [-0.2, 0) is 0 Å². The summed E-state index contributed by atoms with van der Waals surface area (Å²) >= 11 is 0. The Morgan fingerprint density at radius 1 is 0.365 bits per heavy atom. The van der Waals surface area contributed by atoms with E-state index in [0.29, 0.717) is 11.8 Å². The second kappa shape index (κ2) is 13.9. The van der Waals surface area contributed by atoms with Crippen molar-refractivity contribution < 1.29 is 4.42 Å². The Morgan fingerprint density at radius 3 is 1.70 bits per heavy atom. The maximum Gasteiger partial charge on any atom is 0.235 e. The number of fused-ring (bicyclic) bond motifs is 9. The number of aromatic nitrogens is 7. The number of pyridine rings is 1. The summed E-state index contributed by atoms with van der Waals surface area (Å²) in [5.74, 6) is 1.26. The van der Waals surface area contributed by atoms with Crippen LogP contribution < -0.4 is 0 Å². The van der Waals surface area contributed by atoms with Gasteiger partial charge in [0.05, 0.1) is 39.1 Å². The van der Waals surface area contributed by atoms with Gasteiger partial charge in [-0.1, -0.05) is 103 Å². The highest BCUT2D eigenvalue weighted by molar-refractivity contribution is 6.12. The van der Waals surface area contributed by atoms with Crippen molar-refractivity contribution in [3.05, 3.63) is 201 Å². The Morgan fingerprint density at radius 2 is 0.968 bits per heavy atom. The molecule has 0 spiro atoms. The van der Waals surface area contributed by atoms with Gasteiger partial charge in [-0.2, -0.15) is 0 Å². The molecule has 63 heavy (non-hydrogen) atoms. The highest BCUT2D eigenvalue weighted by Gasteiger charge is 2.20. The van der Waals surface area contributed by atoms with Crippen LogP contribution in [0.2, 0.25) is 0 Å². The minimum atomic E-state index is 0.608. The summed E-state index contributed by atoms with van der Waals surface area (Å²) in [4.78, 5) is 24.8. The quantitative estimate of drug-likeness (QED) is 0.166. The summed E-state index contributed by atoms with van der Waals surface area (Å²) in [6, 6.07) is 63.0. The Bertz CT molecular complexity index is 3870. The fraction of sp³-hybridized carbons (Fsp3) is 0. The fourth-order valence-electron chi connectivity index (χ4n) is 9.19. The molecule has 0 aliphatic heterocycles. The minimum Gasteiger partial charge on any atom is -0.456 e. The molecule has 0 unspecified atom stereocenters. The van der Waals surface area contributed by atoms with E-state index in [1.165, 1.54) is 5.39 Å². The predicted octanol–water partition coefficient (Wildman–Crippen LogP) is 13.4. The topological polar surface area (TPSA) is 87.5 Å². The van der Waals surface area contributed by atoms with Crippen molar-refractivity contribution in [3.63, 3.8) is 0 Å². The molecule has 0 atom stereocenters. The van der Waals surface area contributed by atoms with E-state index in [4.69, 9.17) is 24.4 Å². The molecule has 0 aliphatic rings. The normalized spacial score (nSPS) is 11.8. The van der Waals surface area contributed by atoms with E-state index in [1.807, 2.05) is 60.9 Å². The first-order valence-corrected chi connectivity index (χ1v) is 20.9. The lowest BCUT2D eigenvalue weighted by atomic mass is 10.1. The molecule has 13 aromatic rings. The molecule has 6 aromatic heterocycles. The van der Waals surface area contributed by atoms with Gasteiger partial charge in [0.15, 0.2) is 5.82 Å². The molecular weight excluding hydrogens is 775 g/mol. The third-order valence-corrected chi connectivity index (χ3v) is 12.1. The molecular formula is C55H33N7O. The standard InChI is InChI=1S/C55H33N7O/c1-3-11-34(12-4-1)46-32-47(35-13-5-2-6-14-35)60-55(59-46)62-49-18-10-8-16-40(49)42-30-37(20-23-51(42)62)54-57-28-25-45(58-54)36-19-22-50-41(29-36)39-15-7-9-17-48(39)61(50)38-21-24-52-43(31-38)44-33-56-27-26-53(44)63-52/h1-33H. The number of para-hydroxylation sites is 2. The van der Waals surface area contributed by atoms with Crippen molar-refractivity contribution in [1.82, 2.24) is 34.1 Å². The Kier molecular flexibility index (Phi) is 7.74. The Balaban J connectivity index is 0.920. The van der Waals surface area contributed by atoms with Crippen molar-refractivity contribution >= 4 is 65.6 Å². The zero-order valence-electron chi connectivity index (χ0n) is 33.6. The van der Waals surface area contributed by atoms with Crippen LogP contribution in [-0.4, -0.2) is 34.1 Å². The van der Waals surface area contributed by atoms with Gasteiger partial charge < -0.3 is 8.98 Å². The van der Waals surface area contributed by atoms with Crippen LogP contribution in [0, 0.1) is 0 Å². The van der Waals surface area contributed by atoms with Crippen molar-refractivity contribution in [2.45, 2.75) is 0 Å². The van der Waals surface area contributed by atoms with Crippen LogP contribution in [0.5, 0.6) is 0 Å². The van der Waals surface area contributed by atoms with Gasteiger partial charge in [-0.15, -0.1) is 0 Å². The highest BCUT2D eigenvalue weighted by atomic mass is 16.3. The molecule has 8 nitrogen and oxygen atoms in total. The lowest BCUT2D eigenvalue weighted by Gasteiger charge is -2.12. The first-order chi connectivity index (χ1) is 31.2. The molecule has 0 aliphatic carbocycles. The number of nitrogens with zero attached hydrogens (tertiary/aromatic N) is 7. The van der Waals surface area contributed by atoms with Crippen molar-refractivity contribution in [1.29, 1.82) is 0 Å². The molecule has 0 fully saturated rings. The first kappa shape index (κ1) is 35.0. The van der Waals surface area contributed by atoms with Crippen LogP contribution in [0.3, 0.4) is 0 Å². The lowest BCUT2D eigenvalue weighted by Crippen LogP contribution is -2.04. The lowest BCUT2D eigenvalue weighted by molar-refractivity contribution is 0.668. The van der Waals surface area contributed by atoms with Crippen LogP contribution >= 0.6 is 0 Å². The molecule has 0 bridgehead atoms. The first-order valence-electron chi connectivity index (χ1n) is 20.9. The van der Waals surface area contributed by atoms with E-state index in [9.17, 15) is 0 Å². The molecule has 0 N–H and O–H groups in total. The predicted molar refractivity (Wildman–Crippen MR) is 253 cm³/mol. The van der Waals surface area contributed by atoms with E-state index >= 15 is 0 Å². The van der Waals surface area contributed by atoms with Gasteiger partial charge in [-0.25, -0.2) is 19.9 Å². The molecule has 0 amide bonds. The zero-order valence-corrected chi connectivity index (χ0v) is 33.6. The van der Waals surface area contributed by atoms with Gasteiger partial charge in [0.2, 0.25) is 5.95 Å². The number of hydrogen-bond acceptors (Lipinski definition) is 6. The third-order valence-electron chi connectivity index (χ3n) is 12.1. The monoisotopic (exact) mass is 807 g/mol. The summed E-state index contributed by atoms with van der Waals surface area (Å²) in [6.07, 6.45) is 5.49. The Hall–Kier alpha value is -8.75. The smallest absolute Gasteiger partial charge is 0.235 e. The summed E-state index contributed by atoms with van der Waals surface area (Å²) in [5.41, 5.74) is 13.5. The van der Waals surface area contributed by atoms with Gasteiger partial charge in [0.1, 0.15) is 11.2 Å². The summed E-state index contributed by atoms with van der Waals surface area (Å²) in [6.45, 7) is 0. The van der Waals surface area contributed by atoms with Crippen molar-refractivity contribution in [2.75, 3.05) is 0 Å². The van der Waals surface area contributed by atoms with E-state index in [-0.39, 0.29) is 0 Å². The van der Waals surface area contributed by atoms with Crippen LogP contribution in [0.4, 0.5) is 0 Å². The SMILES string of the molecule is c1ccc(-c2cc(-c3ccccc3)nc(-n3c4ccccc4c4cc(-c5nccc(-c6ccc7c(c6)c6ccccc6n7-c6ccc7oc8ccncc8c7c6)n5)ccc43)n2)cc1. The molecule has 0 saturated heterocycles. The van der Waals surface area contributed by atoms with Crippen LogP contribution in [0.15, 0.2) is 205 Å². The summed E-state index contributed by atoms with van der Waals surface area (Å²) < 4.78 is 10.6. The minimum absolute atomic E-state index is 0.608. The molecule has 7 aromatic carbocycles. The fourth-order valence-corrected chi connectivity index (χ4v) is 9.19. The van der Waals surface area contributed by atoms with Gasteiger partial charge in [0, 0.05) is 78.8 Å². The molecule has 6 heterocycles. The molecule has 0 saturated carbocycles. The third kappa shape index (κ3) is 5.66. The maximum absolute atomic E-state index is 6.13. The van der Waals surface area contributed by atoms with E-state index < -0.39 is 0 Å². The highest BCUT2D eigenvalue weighted by Crippen LogP contribution is 2.39. The van der Waals surface area contributed by atoms with Gasteiger partial charge >= 0.3 is 0 Å². The zero-order chi connectivity index (χ0) is 41.4. The average Bonchev–Trinajstić information content (AvgIpc) is 4.01. The molecule has 8 heteroatoms. The number of rotatable bonds is 6. The molecule has 294 valence electrons. The second-order valence-electron chi connectivity index (χ2n) is 15.8. The maximum atomic E-state index is 6.13. The van der Waals surface area contributed by atoms with Gasteiger partial charge in [-0.05, 0) is 78.9 Å². The van der Waals surface area contributed by atoms with E-state index in [2.05, 4.69) is 148 Å². The Labute approximate surface area is 360 Å². The average molecular weight is 808 g/mol. The van der Waals surface area contributed by atoms with E-state index in [1.54, 1.807) is 6.20 Å². The van der Waals surface area contributed by atoms with Crippen molar-refractivity contribution in [2.24, 2.45) is 0 Å². The van der Waals surface area contributed by atoms with Crippen LogP contribution in [0.1, 0.15) is 0 Å². The van der Waals surface area contributed by atoms with E-state index in [0.717, 1.165) is 105 Å². The van der Waals surface area contributed by atoms with Gasteiger partial charge in [0.25, 0.3) is 0 Å². The molecule has 13 rings (SSSR count). The summed E-state index contributed by atoms with van der Waals surface area (Å²) in [5, 5.41) is 6.51. The largest absolute Gasteiger partial charge is 0.456 e. The van der Waals surface area contributed by atoms with Crippen LogP contribution in [0.25, 0.3) is 122 Å². The van der Waals surface area contributed by atoms with Gasteiger partial charge in [-0.3, -0.25) is 9.55 Å². The number of hydrogen-bond donors (Lipinski definition) is 0. The number of benzene rings is 7. The number of furan rings is 1. The second-order valence-corrected chi connectivity index (χ2v) is 15.8.